The standard InChI is InChI=1S/C20H36N6O8/c1-10(2)16(26-17(30)11(22)5-3-4-8-21)19(32)24-12(6-7-15(28)29)18(31)25-13(20(33)34)9-14(23)27/h10-13,16H,3-9,21-22H2,1-2H3,(H2,23,27)(H,24,32)(H,25,31)(H,26,30)(H,28,29)(H,33,34). The zero-order valence-electron chi connectivity index (χ0n) is 19.4. The van der Waals surface area contributed by atoms with Gasteiger partial charge in [-0.25, -0.2) is 4.79 Å². The summed E-state index contributed by atoms with van der Waals surface area (Å²) in [6.07, 6.45) is 0.0758. The number of unbranched alkanes of at least 4 members (excludes halogenated alkanes) is 1. The minimum Gasteiger partial charge on any atom is -0.481 e. The Morgan fingerprint density at radius 2 is 1.41 bits per heavy atom. The molecule has 4 unspecified atom stereocenters. The number of carbonyl (C=O) groups is 6. The number of hydrogen-bond donors (Lipinski definition) is 8. The molecule has 0 saturated carbocycles. The molecule has 0 aromatic heterocycles. The monoisotopic (exact) mass is 488 g/mol. The van der Waals surface area contributed by atoms with Crippen LogP contribution in [0.5, 0.6) is 0 Å². The van der Waals surface area contributed by atoms with Gasteiger partial charge in [0.2, 0.25) is 23.6 Å². The average Bonchev–Trinajstić information content (AvgIpc) is 2.73. The van der Waals surface area contributed by atoms with Crippen molar-refractivity contribution in [3.63, 3.8) is 0 Å². The minimum atomic E-state index is -1.67. The first-order chi connectivity index (χ1) is 15.8. The molecule has 0 radical (unpaired) electrons. The van der Waals surface area contributed by atoms with Crippen molar-refractivity contribution in [2.75, 3.05) is 6.54 Å². The van der Waals surface area contributed by atoms with Crippen LogP contribution in [-0.4, -0.2) is 76.5 Å². The quantitative estimate of drug-likeness (QED) is 0.0988. The molecule has 34 heavy (non-hydrogen) atoms. The first kappa shape index (κ1) is 30.7. The Bertz CT molecular complexity index is 745. The van der Waals surface area contributed by atoms with Crippen molar-refractivity contribution in [3.8, 4) is 0 Å². The van der Waals surface area contributed by atoms with E-state index in [4.69, 9.17) is 22.3 Å². The van der Waals surface area contributed by atoms with Crippen molar-refractivity contribution in [2.45, 2.75) is 76.5 Å². The smallest absolute Gasteiger partial charge is 0.326 e. The topological polar surface area (TPSA) is 257 Å². The summed E-state index contributed by atoms with van der Waals surface area (Å²) >= 11 is 0. The summed E-state index contributed by atoms with van der Waals surface area (Å²) in [7, 11) is 0. The number of aliphatic carboxylic acids is 2. The van der Waals surface area contributed by atoms with Crippen LogP contribution < -0.4 is 33.2 Å². The van der Waals surface area contributed by atoms with E-state index in [1.807, 2.05) is 0 Å². The van der Waals surface area contributed by atoms with Gasteiger partial charge in [0, 0.05) is 6.42 Å². The average molecular weight is 489 g/mol. The van der Waals surface area contributed by atoms with Crippen LogP contribution in [0.2, 0.25) is 0 Å². The molecular formula is C20H36N6O8. The lowest BCUT2D eigenvalue weighted by molar-refractivity contribution is -0.144. The summed E-state index contributed by atoms with van der Waals surface area (Å²) in [6.45, 7) is 3.74. The number of nitrogens with two attached hydrogens (primary N) is 3. The molecule has 14 nitrogen and oxygen atoms in total. The predicted octanol–water partition coefficient (Wildman–Crippen LogP) is -2.62. The number of amides is 4. The summed E-state index contributed by atoms with van der Waals surface area (Å²) in [5.74, 6) is -6.58. The Labute approximate surface area is 197 Å². The minimum absolute atomic E-state index is 0.357. The van der Waals surface area contributed by atoms with Gasteiger partial charge < -0.3 is 43.4 Å². The van der Waals surface area contributed by atoms with Gasteiger partial charge in [-0.15, -0.1) is 0 Å². The van der Waals surface area contributed by atoms with E-state index in [9.17, 15) is 33.9 Å². The van der Waals surface area contributed by atoms with Gasteiger partial charge in [-0.05, 0) is 31.7 Å². The number of primary amides is 1. The number of nitrogens with one attached hydrogen (secondary N) is 3. The van der Waals surface area contributed by atoms with Gasteiger partial charge in [-0.2, -0.15) is 0 Å². The largest absolute Gasteiger partial charge is 0.481 e. The van der Waals surface area contributed by atoms with Crippen LogP contribution >= 0.6 is 0 Å². The second-order valence-corrected chi connectivity index (χ2v) is 8.18. The second kappa shape index (κ2) is 15.6. The van der Waals surface area contributed by atoms with Gasteiger partial charge in [0.15, 0.2) is 0 Å². The van der Waals surface area contributed by atoms with Crippen LogP contribution in [0.3, 0.4) is 0 Å². The van der Waals surface area contributed by atoms with E-state index < -0.39 is 78.5 Å². The lowest BCUT2D eigenvalue weighted by Crippen LogP contribution is -2.58. The molecule has 0 heterocycles. The molecule has 0 aromatic rings. The Morgan fingerprint density at radius 1 is 0.824 bits per heavy atom. The molecule has 0 saturated heterocycles. The van der Waals surface area contributed by atoms with Crippen LogP contribution in [0.4, 0.5) is 0 Å². The number of hydrogen-bond acceptors (Lipinski definition) is 8. The zero-order chi connectivity index (χ0) is 26.4. The number of carboxylic acid groups (broad SMARTS) is 2. The van der Waals surface area contributed by atoms with Gasteiger partial charge in [-0.3, -0.25) is 24.0 Å². The first-order valence-electron chi connectivity index (χ1n) is 10.9. The molecule has 0 aromatic carbocycles. The van der Waals surface area contributed by atoms with E-state index in [1.165, 1.54) is 0 Å². The summed E-state index contributed by atoms with van der Waals surface area (Å²) < 4.78 is 0. The normalized spacial score (nSPS) is 14.4. The Morgan fingerprint density at radius 3 is 1.88 bits per heavy atom. The van der Waals surface area contributed by atoms with Crippen LogP contribution in [-0.2, 0) is 28.8 Å². The van der Waals surface area contributed by atoms with Gasteiger partial charge >= 0.3 is 11.9 Å². The Hall–Kier alpha value is -3.26. The maximum absolute atomic E-state index is 12.9. The molecule has 0 rings (SSSR count). The summed E-state index contributed by atoms with van der Waals surface area (Å²) in [4.78, 5) is 71.2. The van der Waals surface area contributed by atoms with Crippen molar-refractivity contribution >= 4 is 35.6 Å². The molecule has 0 spiro atoms. The van der Waals surface area contributed by atoms with Crippen molar-refractivity contribution < 1.29 is 39.0 Å². The number of rotatable bonds is 17. The van der Waals surface area contributed by atoms with Gasteiger partial charge in [0.1, 0.15) is 18.1 Å². The molecule has 0 aliphatic rings. The fourth-order valence-electron chi connectivity index (χ4n) is 2.91. The molecule has 194 valence electrons. The van der Waals surface area contributed by atoms with Crippen LogP contribution in [0.25, 0.3) is 0 Å². The number of carbonyl (C=O) groups excluding carboxylic acids is 4. The van der Waals surface area contributed by atoms with Crippen molar-refractivity contribution in [2.24, 2.45) is 23.1 Å². The van der Waals surface area contributed by atoms with Crippen LogP contribution in [0.15, 0.2) is 0 Å². The Balaban J connectivity index is 5.44. The van der Waals surface area contributed by atoms with E-state index in [0.29, 0.717) is 25.8 Å². The van der Waals surface area contributed by atoms with E-state index in [2.05, 4.69) is 16.0 Å². The molecular weight excluding hydrogens is 452 g/mol. The van der Waals surface area contributed by atoms with Gasteiger partial charge in [0.25, 0.3) is 0 Å². The number of carboxylic acids is 2. The van der Waals surface area contributed by atoms with Crippen molar-refractivity contribution in [1.29, 1.82) is 0 Å². The molecule has 0 aliphatic heterocycles. The fraction of sp³-hybridized carbons (Fsp3) is 0.700. The Kier molecular flexibility index (Phi) is 14.1. The molecule has 0 bridgehead atoms. The maximum atomic E-state index is 12.9. The van der Waals surface area contributed by atoms with Gasteiger partial charge in [0.05, 0.1) is 12.5 Å². The molecule has 0 fully saturated rings. The highest BCUT2D eigenvalue weighted by molar-refractivity contribution is 5.95. The van der Waals surface area contributed by atoms with Crippen LogP contribution in [0, 0.1) is 5.92 Å². The van der Waals surface area contributed by atoms with E-state index in [-0.39, 0.29) is 6.42 Å². The third-order valence-electron chi connectivity index (χ3n) is 4.85. The summed E-state index contributed by atoms with van der Waals surface area (Å²) in [5.41, 5.74) is 16.3. The van der Waals surface area contributed by atoms with E-state index in [1.54, 1.807) is 13.8 Å². The van der Waals surface area contributed by atoms with Crippen molar-refractivity contribution in [3.05, 3.63) is 0 Å². The molecule has 4 atom stereocenters. The van der Waals surface area contributed by atoms with Crippen molar-refractivity contribution in [1.82, 2.24) is 16.0 Å². The highest BCUT2D eigenvalue weighted by Gasteiger charge is 2.32. The molecule has 0 aliphatic carbocycles. The lowest BCUT2D eigenvalue weighted by Gasteiger charge is -2.26. The zero-order valence-corrected chi connectivity index (χ0v) is 19.4. The molecule has 14 heteroatoms. The second-order valence-electron chi connectivity index (χ2n) is 8.18. The summed E-state index contributed by atoms with van der Waals surface area (Å²) in [5, 5.41) is 25.1. The third-order valence-corrected chi connectivity index (χ3v) is 4.85. The fourth-order valence-corrected chi connectivity index (χ4v) is 2.91. The van der Waals surface area contributed by atoms with E-state index in [0.717, 1.165) is 0 Å². The van der Waals surface area contributed by atoms with Crippen LogP contribution in [0.1, 0.15) is 52.4 Å². The predicted molar refractivity (Wildman–Crippen MR) is 120 cm³/mol. The SMILES string of the molecule is CC(C)C(NC(=O)C(N)CCCCN)C(=O)NC(CCC(=O)O)C(=O)NC(CC(N)=O)C(=O)O. The molecule has 4 amide bonds. The summed E-state index contributed by atoms with van der Waals surface area (Å²) in [6, 6.07) is -5.10. The highest BCUT2D eigenvalue weighted by atomic mass is 16.4. The van der Waals surface area contributed by atoms with E-state index >= 15 is 0 Å². The maximum Gasteiger partial charge on any atom is 0.326 e. The third kappa shape index (κ3) is 12.1. The first-order valence-corrected chi connectivity index (χ1v) is 10.9. The molecule has 11 N–H and O–H groups in total. The van der Waals surface area contributed by atoms with Gasteiger partial charge in [-0.1, -0.05) is 20.3 Å². The lowest BCUT2D eigenvalue weighted by atomic mass is 10.0. The highest BCUT2D eigenvalue weighted by Crippen LogP contribution is 2.07.